The van der Waals surface area contributed by atoms with Crippen molar-refractivity contribution in [2.45, 2.75) is 31.2 Å². The number of fused-ring (bicyclic) bond motifs is 3. The number of ether oxygens (including phenoxy) is 1. The van der Waals surface area contributed by atoms with E-state index in [2.05, 4.69) is 10.6 Å². The number of carboxylic acids is 1. The first-order chi connectivity index (χ1) is 18.8. The molecule has 39 heavy (non-hydrogen) atoms. The van der Waals surface area contributed by atoms with Gasteiger partial charge >= 0.3 is 12.1 Å². The van der Waals surface area contributed by atoms with Gasteiger partial charge in [0.15, 0.2) is 11.4 Å². The van der Waals surface area contributed by atoms with E-state index in [0.29, 0.717) is 19.4 Å². The predicted octanol–water partition coefficient (Wildman–Crippen LogP) is 2.07. The number of anilines is 1. The molecule has 0 heterocycles. The fourth-order valence-electron chi connectivity index (χ4n) is 4.74. The minimum absolute atomic E-state index is 0.0721. The normalized spacial score (nSPS) is 14.6. The van der Waals surface area contributed by atoms with Crippen LogP contribution in [0.4, 0.5) is 21.9 Å². The van der Waals surface area contributed by atoms with E-state index < -0.39 is 28.6 Å². The van der Waals surface area contributed by atoms with Crippen LogP contribution in [0.2, 0.25) is 0 Å². The van der Waals surface area contributed by atoms with Gasteiger partial charge in [-0.3, -0.25) is 0 Å². The topological polar surface area (TPSA) is 183 Å². The van der Waals surface area contributed by atoms with Crippen LogP contribution in [0.25, 0.3) is 11.1 Å². The lowest BCUT2D eigenvalue weighted by molar-refractivity contribution is -0.996. The van der Waals surface area contributed by atoms with Crippen LogP contribution in [0.3, 0.4) is 0 Å². The molecule has 7 N–H and O–H groups in total. The van der Waals surface area contributed by atoms with Crippen molar-refractivity contribution in [3.63, 3.8) is 0 Å². The summed E-state index contributed by atoms with van der Waals surface area (Å²) < 4.78 is 5.44. The molecule has 0 bridgehead atoms. The van der Waals surface area contributed by atoms with Gasteiger partial charge in [0.25, 0.3) is 0 Å². The number of quaternary nitrogens is 2. The van der Waals surface area contributed by atoms with Gasteiger partial charge in [-0.15, -0.1) is 0 Å². The molecular formula is C27H30N4O8. The van der Waals surface area contributed by atoms with E-state index in [1.165, 1.54) is 12.1 Å². The third kappa shape index (κ3) is 6.70. The number of aliphatic carboxylic acids is 1. The maximum Gasteiger partial charge on any atom is 0.407 e. The van der Waals surface area contributed by atoms with Crippen LogP contribution in [-0.4, -0.2) is 46.8 Å². The van der Waals surface area contributed by atoms with Crippen LogP contribution in [-0.2, 0) is 9.53 Å². The molecule has 0 aliphatic heterocycles. The Hall–Kier alpha value is -4.04. The Morgan fingerprint density at radius 2 is 1.56 bits per heavy atom. The molecule has 0 aromatic heterocycles. The van der Waals surface area contributed by atoms with Gasteiger partial charge in [0.2, 0.25) is 0 Å². The first kappa shape index (κ1) is 28.0. The molecular weight excluding hydrogens is 508 g/mol. The summed E-state index contributed by atoms with van der Waals surface area (Å²) >= 11 is 0. The highest BCUT2D eigenvalue weighted by molar-refractivity contribution is 5.81. The van der Waals surface area contributed by atoms with Gasteiger partial charge in [-0.25, -0.2) is 20.0 Å². The minimum Gasteiger partial charge on any atom is -0.595 e. The Labute approximate surface area is 224 Å². The van der Waals surface area contributed by atoms with Crippen molar-refractivity contribution in [3.8, 4) is 11.1 Å². The van der Waals surface area contributed by atoms with Gasteiger partial charge in [0.1, 0.15) is 12.6 Å². The summed E-state index contributed by atoms with van der Waals surface area (Å²) in [7, 11) is 0. The predicted molar refractivity (Wildman–Crippen MR) is 140 cm³/mol. The number of amides is 1. The molecule has 4 rings (SSSR count). The van der Waals surface area contributed by atoms with Crippen LogP contribution >= 0.6 is 0 Å². The number of hydrogen-bond acceptors (Lipinski definition) is 8. The molecule has 0 saturated heterocycles. The van der Waals surface area contributed by atoms with Crippen molar-refractivity contribution < 1.29 is 40.3 Å². The zero-order valence-electron chi connectivity index (χ0n) is 20.9. The first-order valence-corrected chi connectivity index (χ1v) is 12.4. The zero-order chi connectivity index (χ0) is 27.9. The Morgan fingerprint density at radius 1 is 0.923 bits per heavy atom. The summed E-state index contributed by atoms with van der Waals surface area (Å²) in [6.45, 7) is 0.396. The first-order valence-electron chi connectivity index (χ1n) is 12.4. The summed E-state index contributed by atoms with van der Waals surface area (Å²) in [6, 6.07) is 18.4. The fraction of sp³-hybridized carbons (Fsp3) is 0.259. The number of rotatable bonds is 12. The summed E-state index contributed by atoms with van der Waals surface area (Å²) in [6.07, 6.45) is 0.233. The fourth-order valence-corrected chi connectivity index (χ4v) is 4.74. The van der Waals surface area contributed by atoms with Gasteiger partial charge in [0, 0.05) is 18.5 Å². The average Bonchev–Trinajstić information content (AvgIpc) is 3.24. The second-order valence-electron chi connectivity index (χ2n) is 9.15. The maximum absolute atomic E-state index is 12.5. The Morgan fingerprint density at radius 3 is 2.15 bits per heavy atom. The highest BCUT2D eigenvalue weighted by Crippen LogP contribution is 2.44. The van der Waals surface area contributed by atoms with Gasteiger partial charge in [-0.05, 0) is 47.6 Å². The highest BCUT2D eigenvalue weighted by atomic mass is 16.8. The summed E-state index contributed by atoms with van der Waals surface area (Å²) in [5, 5.41) is 53.4. The molecule has 0 fully saturated rings. The van der Waals surface area contributed by atoms with E-state index in [0.717, 1.165) is 28.3 Å². The van der Waals surface area contributed by atoms with E-state index in [9.17, 15) is 30.3 Å². The number of hydrogen-bond donors (Lipinski definition) is 7. The number of unbranched alkanes of at least 4 members (excludes halogenated alkanes) is 1. The lowest BCUT2D eigenvalue weighted by Gasteiger charge is -2.19. The molecule has 206 valence electrons. The van der Waals surface area contributed by atoms with Gasteiger partial charge < -0.3 is 30.9 Å². The number of nitrogens with one attached hydrogen (secondary N) is 4. The minimum atomic E-state index is -1.26. The van der Waals surface area contributed by atoms with Crippen LogP contribution in [0, 0.1) is 10.4 Å². The molecule has 0 radical (unpaired) electrons. The monoisotopic (exact) mass is 538 g/mol. The molecule has 3 unspecified atom stereocenters. The molecule has 0 spiro atoms. The molecule has 1 amide bonds. The largest absolute Gasteiger partial charge is 0.595 e. The van der Waals surface area contributed by atoms with E-state index in [1.807, 2.05) is 48.5 Å². The molecule has 12 heteroatoms. The zero-order valence-corrected chi connectivity index (χ0v) is 20.9. The van der Waals surface area contributed by atoms with Crippen LogP contribution in [0.5, 0.6) is 0 Å². The highest BCUT2D eigenvalue weighted by Gasteiger charge is 2.29. The summed E-state index contributed by atoms with van der Waals surface area (Å²) in [5.41, 5.74) is 4.24. The van der Waals surface area contributed by atoms with E-state index >= 15 is 0 Å². The molecule has 1 aliphatic carbocycles. The van der Waals surface area contributed by atoms with Crippen LogP contribution < -0.4 is 21.1 Å². The standard InChI is InChI=1S/C27H30N4O8/c32-26(33)24(11-5-6-14-28-23-13-12-17(30(35)36)15-25(23)31(37)38)29-27(34)39-16-22-20-9-3-1-7-18(20)19-8-2-4-10-21(19)22/h1-4,7-10,12-13,15,22,24,28,30-31,35,37H,5-6,11,14,16H2,(H,29,34)(H,32,33). The quantitative estimate of drug-likeness (QED) is 0.134. The third-order valence-electron chi connectivity index (χ3n) is 6.67. The Bertz CT molecular complexity index is 1270. The smallest absolute Gasteiger partial charge is 0.407 e. The van der Waals surface area contributed by atoms with E-state index in [4.69, 9.17) is 9.94 Å². The Balaban J connectivity index is 1.26. The van der Waals surface area contributed by atoms with Crippen molar-refractivity contribution in [2.24, 2.45) is 0 Å². The average molecular weight is 539 g/mol. The SMILES string of the molecule is O=C(NC(CCCCNc1ccc([NH+]([O-])O)cc1[NH+]([O-])O)C(=O)O)OCC1c2ccccc2-c2ccccc21. The summed E-state index contributed by atoms with van der Waals surface area (Å²) in [5.74, 6) is -1.33. The van der Waals surface area contributed by atoms with Crippen LogP contribution in [0.1, 0.15) is 36.3 Å². The third-order valence-corrected chi connectivity index (χ3v) is 6.67. The van der Waals surface area contributed by atoms with Gasteiger partial charge in [0.05, 0.1) is 11.8 Å². The molecule has 12 nitrogen and oxygen atoms in total. The number of carboxylic acid groups (broad SMARTS) is 1. The maximum atomic E-state index is 12.5. The van der Waals surface area contributed by atoms with Crippen molar-refractivity contribution in [2.75, 3.05) is 18.5 Å². The number of carbonyl (C=O) groups is 2. The molecule has 3 atom stereocenters. The lowest BCUT2D eigenvalue weighted by atomic mass is 9.98. The number of carbonyl (C=O) groups excluding carboxylic acids is 1. The van der Waals surface area contributed by atoms with Crippen molar-refractivity contribution in [3.05, 3.63) is 88.3 Å². The van der Waals surface area contributed by atoms with Crippen molar-refractivity contribution >= 4 is 29.1 Å². The van der Waals surface area contributed by atoms with Gasteiger partial charge in [-0.2, -0.15) is 10.5 Å². The molecule has 0 saturated carbocycles. The van der Waals surface area contributed by atoms with Crippen LogP contribution in [0.15, 0.2) is 66.7 Å². The molecule has 3 aromatic carbocycles. The Kier molecular flexibility index (Phi) is 9.09. The van der Waals surface area contributed by atoms with Crippen molar-refractivity contribution in [1.82, 2.24) is 5.32 Å². The second-order valence-corrected chi connectivity index (χ2v) is 9.15. The molecule has 3 aromatic rings. The number of benzene rings is 3. The van der Waals surface area contributed by atoms with E-state index in [-0.39, 0.29) is 36.0 Å². The number of alkyl carbamates (subject to hydrolysis) is 1. The molecule has 1 aliphatic rings. The lowest BCUT2D eigenvalue weighted by Crippen LogP contribution is -3.00. The second kappa shape index (κ2) is 12.7. The summed E-state index contributed by atoms with van der Waals surface area (Å²) in [4.78, 5) is 24.2. The van der Waals surface area contributed by atoms with Crippen molar-refractivity contribution in [1.29, 1.82) is 0 Å². The van der Waals surface area contributed by atoms with Gasteiger partial charge in [-0.1, -0.05) is 48.5 Å². The van der Waals surface area contributed by atoms with E-state index in [1.54, 1.807) is 0 Å².